The van der Waals surface area contributed by atoms with Crippen molar-refractivity contribution >= 4 is 11.0 Å². The fourth-order valence-corrected chi connectivity index (χ4v) is 2.92. The van der Waals surface area contributed by atoms with E-state index in [2.05, 4.69) is 0 Å². The Morgan fingerprint density at radius 3 is 2.38 bits per heavy atom. The number of rotatable bonds is 3. The van der Waals surface area contributed by atoms with Crippen molar-refractivity contribution < 1.29 is 9.15 Å². The Labute approximate surface area is 140 Å². The monoisotopic (exact) mass is 323 g/mol. The molecule has 0 bridgehead atoms. The highest BCUT2D eigenvalue weighted by Crippen LogP contribution is 2.30. The molecule has 3 rings (SSSR count). The maximum absolute atomic E-state index is 12.8. The van der Waals surface area contributed by atoms with Gasteiger partial charge in [-0.25, -0.2) is 0 Å². The van der Waals surface area contributed by atoms with Crippen LogP contribution in [0.4, 0.5) is 0 Å². The molecule has 0 fully saturated rings. The molecule has 0 saturated heterocycles. The van der Waals surface area contributed by atoms with Crippen molar-refractivity contribution in [3.05, 3.63) is 63.3 Å². The fraction of sp³-hybridized carbons (Fsp3) is 0.250. The minimum Gasteiger partial charge on any atom is -0.497 e. The lowest BCUT2D eigenvalue weighted by molar-refractivity contribution is 0.415. The molecule has 0 aliphatic heterocycles. The molecular weight excluding hydrogens is 302 g/mol. The van der Waals surface area contributed by atoms with Crippen LogP contribution in [0.1, 0.15) is 29.7 Å². The second-order valence-electron chi connectivity index (χ2n) is 6.13. The molecule has 0 radical (unpaired) electrons. The third-order valence-corrected chi connectivity index (χ3v) is 4.23. The Morgan fingerprint density at radius 2 is 1.79 bits per heavy atom. The summed E-state index contributed by atoms with van der Waals surface area (Å²) in [6.45, 7) is 5.64. The number of ether oxygens (including phenoxy) is 1. The van der Waals surface area contributed by atoms with Crippen LogP contribution >= 0.6 is 0 Å². The first-order valence-corrected chi connectivity index (χ1v) is 7.90. The Hall–Kier alpha value is -2.59. The van der Waals surface area contributed by atoms with Crippen LogP contribution in [0.3, 0.4) is 0 Å². The van der Waals surface area contributed by atoms with E-state index in [0.29, 0.717) is 22.3 Å². The van der Waals surface area contributed by atoms with E-state index in [1.165, 1.54) is 0 Å². The van der Waals surface area contributed by atoms with Gasteiger partial charge in [0.2, 0.25) is 0 Å². The van der Waals surface area contributed by atoms with Gasteiger partial charge in [0.1, 0.15) is 17.1 Å². The number of benzene rings is 2. The molecule has 4 heteroatoms. The summed E-state index contributed by atoms with van der Waals surface area (Å²) in [7, 11) is 1.62. The largest absolute Gasteiger partial charge is 0.497 e. The summed E-state index contributed by atoms with van der Waals surface area (Å²) in [4.78, 5) is 12.8. The van der Waals surface area contributed by atoms with Gasteiger partial charge in [-0.1, -0.05) is 6.07 Å². The van der Waals surface area contributed by atoms with Gasteiger partial charge in [-0.05, 0) is 56.7 Å². The summed E-state index contributed by atoms with van der Waals surface area (Å²) >= 11 is 0. The summed E-state index contributed by atoms with van der Waals surface area (Å²) in [5.74, 6) is 1.33. The van der Waals surface area contributed by atoms with Crippen LogP contribution in [0, 0.1) is 13.8 Å². The van der Waals surface area contributed by atoms with E-state index in [-0.39, 0.29) is 11.5 Å². The van der Waals surface area contributed by atoms with E-state index in [9.17, 15) is 4.79 Å². The predicted molar refractivity (Wildman–Crippen MR) is 96.5 cm³/mol. The summed E-state index contributed by atoms with van der Waals surface area (Å²) < 4.78 is 11.3. The van der Waals surface area contributed by atoms with Crippen LogP contribution in [-0.4, -0.2) is 7.11 Å². The molecule has 0 aliphatic rings. The van der Waals surface area contributed by atoms with Crippen molar-refractivity contribution in [2.75, 3.05) is 7.11 Å². The predicted octanol–water partition coefficient (Wildman–Crippen LogP) is 4.11. The number of nitrogens with two attached hydrogens (primary N) is 1. The van der Waals surface area contributed by atoms with E-state index in [0.717, 1.165) is 22.4 Å². The van der Waals surface area contributed by atoms with Crippen LogP contribution in [-0.2, 0) is 0 Å². The van der Waals surface area contributed by atoms with Crippen LogP contribution < -0.4 is 15.9 Å². The molecule has 1 heterocycles. The van der Waals surface area contributed by atoms with Gasteiger partial charge in [-0.15, -0.1) is 0 Å². The smallest absolute Gasteiger partial charge is 0.196 e. The van der Waals surface area contributed by atoms with Gasteiger partial charge in [0.05, 0.1) is 12.5 Å². The molecular formula is C20H21NO3. The maximum atomic E-state index is 12.8. The van der Waals surface area contributed by atoms with E-state index >= 15 is 0 Å². The number of fused-ring (bicyclic) bond motifs is 1. The quantitative estimate of drug-likeness (QED) is 0.788. The van der Waals surface area contributed by atoms with E-state index in [1.807, 2.05) is 50.2 Å². The highest BCUT2D eigenvalue weighted by molar-refractivity contribution is 5.84. The third-order valence-electron chi connectivity index (χ3n) is 4.23. The average molecular weight is 323 g/mol. The van der Waals surface area contributed by atoms with Crippen molar-refractivity contribution in [2.24, 2.45) is 5.73 Å². The summed E-state index contributed by atoms with van der Waals surface area (Å²) in [6, 6.07) is 11.1. The van der Waals surface area contributed by atoms with E-state index in [1.54, 1.807) is 14.0 Å². The Bertz CT molecular complexity index is 953. The summed E-state index contributed by atoms with van der Waals surface area (Å²) in [5, 5.41) is 0.581. The normalized spacial score (nSPS) is 12.4. The standard InChI is InChI=1S/C20H21NO3/c1-11-9-16(13(3)21)20-17(10-11)18(22)12(2)19(24-20)14-5-7-15(23-4)8-6-14/h5-10,13H,21H2,1-4H3/t13-/m1/s1. The zero-order valence-corrected chi connectivity index (χ0v) is 14.3. The minimum atomic E-state index is -0.220. The van der Waals surface area contributed by atoms with Gasteiger partial charge in [0.25, 0.3) is 0 Å². The van der Waals surface area contributed by atoms with Crippen LogP contribution in [0.25, 0.3) is 22.3 Å². The Balaban J connectivity index is 2.33. The number of aryl methyl sites for hydroxylation is 1. The molecule has 0 spiro atoms. The molecule has 1 aromatic heterocycles. The van der Waals surface area contributed by atoms with Crippen LogP contribution in [0.2, 0.25) is 0 Å². The molecule has 4 nitrogen and oxygen atoms in total. The average Bonchev–Trinajstić information content (AvgIpc) is 2.58. The SMILES string of the molecule is COc1ccc(-c2oc3c([C@@H](C)N)cc(C)cc3c(=O)c2C)cc1. The lowest BCUT2D eigenvalue weighted by atomic mass is 9.99. The van der Waals surface area contributed by atoms with Gasteiger partial charge in [-0.2, -0.15) is 0 Å². The van der Waals surface area contributed by atoms with Crippen molar-refractivity contribution in [3.8, 4) is 17.1 Å². The zero-order chi connectivity index (χ0) is 17.4. The Morgan fingerprint density at radius 1 is 1.12 bits per heavy atom. The van der Waals surface area contributed by atoms with Crippen LogP contribution in [0.5, 0.6) is 5.75 Å². The highest BCUT2D eigenvalue weighted by Gasteiger charge is 2.17. The van der Waals surface area contributed by atoms with Gasteiger partial charge < -0.3 is 14.9 Å². The molecule has 0 amide bonds. The van der Waals surface area contributed by atoms with Gasteiger partial charge >= 0.3 is 0 Å². The van der Waals surface area contributed by atoms with Crippen molar-refractivity contribution in [1.29, 1.82) is 0 Å². The van der Waals surface area contributed by atoms with Crippen LogP contribution in [0.15, 0.2) is 45.6 Å². The first-order valence-electron chi connectivity index (χ1n) is 7.90. The molecule has 2 aromatic carbocycles. The lowest BCUT2D eigenvalue weighted by Gasteiger charge is -2.13. The zero-order valence-electron chi connectivity index (χ0n) is 14.3. The molecule has 1 atom stereocenters. The third kappa shape index (κ3) is 2.69. The Kier molecular flexibility index (Phi) is 4.16. The van der Waals surface area contributed by atoms with Gasteiger partial charge in [0.15, 0.2) is 5.43 Å². The number of hydrogen-bond acceptors (Lipinski definition) is 4. The molecule has 0 unspecified atom stereocenters. The summed E-state index contributed by atoms with van der Waals surface area (Å²) in [5.41, 5.74) is 9.90. The van der Waals surface area contributed by atoms with E-state index < -0.39 is 0 Å². The van der Waals surface area contributed by atoms with Crippen molar-refractivity contribution in [1.82, 2.24) is 0 Å². The molecule has 3 aromatic rings. The maximum Gasteiger partial charge on any atom is 0.196 e. The number of methoxy groups -OCH3 is 1. The molecule has 0 saturated carbocycles. The first-order chi connectivity index (χ1) is 11.4. The van der Waals surface area contributed by atoms with E-state index in [4.69, 9.17) is 14.9 Å². The molecule has 24 heavy (non-hydrogen) atoms. The topological polar surface area (TPSA) is 65.5 Å². The molecule has 124 valence electrons. The fourth-order valence-electron chi connectivity index (χ4n) is 2.92. The molecule has 2 N–H and O–H groups in total. The first kappa shape index (κ1) is 16.3. The second-order valence-corrected chi connectivity index (χ2v) is 6.13. The van der Waals surface area contributed by atoms with Crippen molar-refractivity contribution in [3.63, 3.8) is 0 Å². The molecule has 0 aliphatic carbocycles. The number of hydrogen-bond donors (Lipinski definition) is 1. The van der Waals surface area contributed by atoms with Gasteiger partial charge in [-0.3, -0.25) is 4.79 Å². The van der Waals surface area contributed by atoms with Gasteiger partial charge in [0, 0.05) is 22.7 Å². The highest BCUT2D eigenvalue weighted by atomic mass is 16.5. The lowest BCUT2D eigenvalue weighted by Crippen LogP contribution is -2.12. The second kappa shape index (κ2) is 6.13. The minimum absolute atomic E-state index is 0.0207. The summed E-state index contributed by atoms with van der Waals surface area (Å²) in [6.07, 6.45) is 0. The van der Waals surface area contributed by atoms with Crippen molar-refractivity contribution in [2.45, 2.75) is 26.8 Å².